The number of anilines is 1. The van der Waals surface area contributed by atoms with E-state index >= 15 is 0 Å². The number of hydrogen-bond donors (Lipinski definition) is 1. The molecule has 0 atom stereocenters. The molecule has 2 aromatic rings. The minimum absolute atomic E-state index is 0.465. The van der Waals surface area contributed by atoms with Crippen LogP contribution in [0.2, 0.25) is 0 Å². The van der Waals surface area contributed by atoms with Crippen LogP contribution in [-0.2, 0) is 6.42 Å². The van der Waals surface area contributed by atoms with Crippen LogP contribution in [0, 0.1) is 18.3 Å². The van der Waals surface area contributed by atoms with Crippen molar-refractivity contribution in [3.05, 3.63) is 46.3 Å². The van der Waals surface area contributed by atoms with Crippen LogP contribution in [0.1, 0.15) is 22.9 Å². The Bertz CT molecular complexity index is 657. The molecular weight excluding hydrogens is 272 g/mol. The van der Waals surface area contributed by atoms with Crippen LogP contribution in [0.4, 0.5) is 9.80 Å². The Kier molecular flexibility index (Phi) is 4.38. The van der Waals surface area contributed by atoms with E-state index in [4.69, 9.17) is 4.74 Å². The number of aryl methyl sites for hydroxylation is 1. The van der Waals surface area contributed by atoms with Gasteiger partial charge in [-0.25, -0.2) is 4.79 Å². The lowest BCUT2D eigenvalue weighted by atomic mass is 10.1. The van der Waals surface area contributed by atoms with E-state index in [0.717, 1.165) is 16.9 Å². The SMILES string of the molecule is CCc1c(C)sc(NC(=O)Oc2ccccc2)c1C#N. The third-order valence-corrected chi connectivity index (χ3v) is 3.91. The smallest absolute Gasteiger partial charge is 0.410 e. The molecule has 0 saturated carbocycles. The van der Waals surface area contributed by atoms with Crippen molar-refractivity contribution in [2.75, 3.05) is 5.32 Å². The van der Waals surface area contributed by atoms with Gasteiger partial charge < -0.3 is 4.74 Å². The minimum Gasteiger partial charge on any atom is -0.410 e. The Morgan fingerprint density at radius 1 is 1.40 bits per heavy atom. The van der Waals surface area contributed by atoms with Crippen LogP contribution in [0.3, 0.4) is 0 Å². The normalized spacial score (nSPS) is 9.85. The van der Waals surface area contributed by atoms with E-state index < -0.39 is 6.09 Å². The molecule has 5 heteroatoms. The van der Waals surface area contributed by atoms with E-state index in [0.29, 0.717) is 16.3 Å². The third-order valence-electron chi connectivity index (χ3n) is 2.84. The Morgan fingerprint density at radius 3 is 2.70 bits per heavy atom. The maximum absolute atomic E-state index is 11.8. The van der Waals surface area contributed by atoms with E-state index in [1.807, 2.05) is 19.9 Å². The van der Waals surface area contributed by atoms with Crippen LogP contribution in [-0.4, -0.2) is 6.09 Å². The molecule has 20 heavy (non-hydrogen) atoms. The molecule has 0 radical (unpaired) electrons. The number of nitriles is 1. The minimum atomic E-state index is -0.586. The van der Waals surface area contributed by atoms with E-state index in [1.165, 1.54) is 11.3 Å². The van der Waals surface area contributed by atoms with Gasteiger partial charge in [0, 0.05) is 4.88 Å². The zero-order chi connectivity index (χ0) is 14.5. The molecular formula is C15H14N2O2S. The highest BCUT2D eigenvalue weighted by Gasteiger charge is 2.16. The van der Waals surface area contributed by atoms with Crippen molar-refractivity contribution < 1.29 is 9.53 Å². The summed E-state index contributed by atoms with van der Waals surface area (Å²) in [6.45, 7) is 3.93. The number of carbonyl (C=O) groups excluding carboxylic acids is 1. The fraction of sp³-hybridized carbons (Fsp3) is 0.200. The highest BCUT2D eigenvalue weighted by molar-refractivity contribution is 7.16. The van der Waals surface area contributed by atoms with Crippen LogP contribution in [0.5, 0.6) is 5.75 Å². The first kappa shape index (κ1) is 14.1. The summed E-state index contributed by atoms with van der Waals surface area (Å²) in [5.41, 5.74) is 1.51. The molecule has 1 N–H and O–H groups in total. The van der Waals surface area contributed by atoms with Crippen LogP contribution < -0.4 is 10.1 Å². The van der Waals surface area contributed by atoms with Gasteiger partial charge in [0.05, 0.1) is 5.56 Å². The van der Waals surface area contributed by atoms with Crippen LogP contribution >= 0.6 is 11.3 Å². The summed E-state index contributed by atoms with van der Waals surface area (Å²) in [5.74, 6) is 0.465. The van der Waals surface area contributed by atoms with Gasteiger partial charge in [0.15, 0.2) is 0 Å². The molecule has 1 aromatic heterocycles. The van der Waals surface area contributed by atoms with Crippen LogP contribution in [0.15, 0.2) is 30.3 Å². The van der Waals surface area contributed by atoms with Crippen molar-refractivity contribution in [3.8, 4) is 11.8 Å². The molecule has 0 fully saturated rings. The molecule has 1 heterocycles. The maximum Gasteiger partial charge on any atom is 0.417 e. The number of nitrogens with one attached hydrogen (secondary N) is 1. The second-order valence-corrected chi connectivity index (χ2v) is 5.36. The summed E-state index contributed by atoms with van der Waals surface area (Å²) in [7, 11) is 0. The number of thiophene rings is 1. The quantitative estimate of drug-likeness (QED) is 0.923. The van der Waals surface area contributed by atoms with Gasteiger partial charge in [0.2, 0.25) is 0 Å². The monoisotopic (exact) mass is 286 g/mol. The summed E-state index contributed by atoms with van der Waals surface area (Å²) in [4.78, 5) is 12.9. The number of amides is 1. The Morgan fingerprint density at radius 2 is 2.10 bits per heavy atom. The maximum atomic E-state index is 11.8. The number of carbonyl (C=O) groups is 1. The van der Waals surface area contributed by atoms with E-state index in [-0.39, 0.29) is 0 Å². The number of rotatable bonds is 3. The zero-order valence-electron chi connectivity index (χ0n) is 11.3. The van der Waals surface area contributed by atoms with E-state index in [1.54, 1.807) is 24.3 Å². The van der Waals surface area contributed by atoms with Gasteiger partial charge in [-0.15, -0.1) is 11.3 Å². The van der Waals surface area contributed by atoms with Crippen molar-refractivity contribution in [1.82, 2.24) is 0 Å². The molecule has 0 aliphatic heterocycles. The van der Waals surface area contributed by atoms with Gasteiger partial charge in [-0.05, 0) is 31.0 Å². The van der Waals surface area contributed by atoms with Gasteiger partial charge in [-0.2, -0.15) is 5.26 Å². The van der Waals surface area contributed by atoms with Crippen molar-refractivity contribution >= 4 is 22.4 Å². The van der Waals surface area contributed by atoms with Gasteiger partial charge in [-0.3, -0.25) is 5.32 Å². The molecule has 0 spiro atoms. The van der Waals surface area contributed by atoms with Crippen molar-refractivity contribution in [3.63, 3.8) is 0 Å². The first-order valence-electron chi connectivity index (χ1n) is 6.22. The summed E-state index contributed by atoms with van der Waals surface area (Å²) in [6, 6.07) is 11.0. The van der Waals surface area contributed by atoms with Gasteiger partial charge in [0.25, 0.3) is 0 Å². The molecule has 0 saturated heterocycles. The zero-order valence-corrected chi connectivity index (χ0v) is 12.1. The molecule has 1 amide bonds. The average molecular weight is 286 g/mol. The fourth-order valence-electron chi connectivity index (χ4n) is 1.92. The standard InChI is InChI=1S/C15H14N2O2S/c1-3-12-10(2)20-14(13(12)9-16)17-15(18)19-11-7-5-4-6-8-11/h4-8H,3H2,1-2H3,(H,17,18). The Labute approximate surface area is 121 Å². The lowest BCUT2D eigenvalue weighted by Crippen LogP contribution is -2.16. The molecule has 0 bridgehead atoms. The largest absolute Gasteiger partial charge is 0.417 e. The van der Waals surface area contributed by atoms with Crippen molar-refractivity contribution in [2.24, 2.45) is 0 Å². The first-order valence-corrected chi connectivity index (χ1v) is 7.03. The fourth-order valence-corrected chi connectivity index (χ4v) is 3.01. The Hall–Kier alpha value is -2.32. The number of benzene rings is 1. The molecule has 102 valence electrons. The average Bonchev–Trinajstić information content (AvgIpc) is 2.74. The van der Waals surface area contributed by atoms with Gasteiger partial charge in [-0.1, -0.05) is 25.1 Å². The third kappa shape index (κ3) is 2.98. The topological polar surface area (TPSA) is 62.1 Å². The first-order chi connectivity index (χ1) is 9.65. The van der Waals surface area contributed by atoms with E-state index in [9.17, 15) is 10.1 Å². The number of hydrogen-bond acceptors (Lipinski definition) is 4. The van der Waals surface area contributed by atoms with Gasteiger partial charge in [0.1, 0.15) is 16.8 Å². The molecule has 0 aliphatic carbocycles. The second kappa shape index (κ2) is 6.22. The predicted molar refractivity (Wildman–Crippen MR) is 79.2 cm³/mol. The highest BCUT2D eigenvalue weighted by atomic mass is 32.1. The lowest BCUT2D eigenvalue weighted by molar-refractivity contribution is 0.215. The molecule has 4 nitrogen and oxygen atoms in total. The van der Waals surface area contributed by atoms with E-state index in [2.05, 4.69) is 11.4 Å². The molecule has 2 rings (SSSR count). The highest BCUT2D eigenvalue weighted by Crippen LogP contribution is 2.32. The van der Waals surface area contributed by atoms with Crippen molar-refractivity contribution in [2.45, 2.75) is 20.3 Å². The second-order valence-electron chi connectivity index (χ2n) is 4.13. The van der Waals surface area contributed by atoms with Crippen LogP contribution in [0.25, 0.3) is 0 Å². The van der Waals surface area contributed by atoms with Gasteiger partial charge >= 0.3 is 6.09 Å². The summed E-state index contributed by atoms with van der Waals surface area (Å²) >= 11 is 1.39. The Balaban J connectivity index is 2.15. The van der Waals surface area contributed by atoms with Crippen molar-refractivity contribution in [1.29, 1.82) is 5.26 Å². The summed E-state index contributed by atoms with van der Waals surface area (Å²) < 4.78 is 5.15. The summed E-state index contributed by atoms with van der Waals surface area (Å²) in [6.07, 6.45) is 0.178. The predicted octanol–water partition coefficient (Wildman–Crippen LogP) is 4.10. The molecule has 1 aromatic carbocycles. The molecule has 0 aliphatic rings. The summed E-state index contributed by atoms with van der Waals surface area (Å²) in [5, 5.41) is 12.4. The number of nitrogens with zero attached hydrogens (tertiary/aromatic N) is 1. The number of para-hydroxylation sites is 1. The lowest BCUT2D eigenvalue weighted by Gasteiger charge is -2.05. The molecule has 0 unspecified atom stereocenters. The number of ether oxygens (including phenoxy) is 1.